The maximum atomic E-state index is 4.43. The Morgan fingerprint density at radius 3 is 0.247 bits per heavy atom. The Bertz CT molecular complexity index is 2920. The zero-order chi connectivity index (χ0) is 66.1. The number of pyridine rings is 5. The second kappa shape index (κ2) is 33.6. The molecule has 0 radical (unpaired) electrons. The monoisotopic (exact) mass is 1150 g/mol. The second-order valence-corrected chi connectivity index (χ2v) is 23.7. The van der Waals surface area contributed by atoms with Gasteiger partial charge in [-0.05, 0) is 373 Å². The predicted molar refractivity (Wildman–Crippen MR) is 363 cm³/mol. The highest BCUT2D eigenvalue weighted by atomic mass is 15.1. The topological polar surface area (TPSA) is 142 Å². The summed E-state index contributed by atoms with van der Waals surface area (Å²) in [5.41, 5.74) is 45.5. The average Bonchev–Trinajstić information content (AvgIpc) is 3.56. The number of nitrogens with zero attached hydrogens (tertiary/aromatic N) is 11. The molecule has 11 nitrogen and oxygen atoms in total. The van der Waals surface area contributed by atoms with Gasteiger partial charge >= 0.3 is 0 Å². The Labute approximate surface area is 517 Å². The van der Waals surface area contributed by atoms with Crippen molar-refractivity contribution in [3.63, 3.8) is 0 Å². The molecule has 0 aliphatic heterocycles. The van der Waals surface area contributed by atoms with Gasteiger partial charge in [-0.3, -0.25) is 24.9 Å². The van der Waals surface area contributed by atoms with Crippen molar-refractivity contribution in [2.24, 2.45) is 0 Å². The van der Waals surface area contributed by atoms with E-state index < -0.39 is 0 Å². The Morgan fingerprint density at radius 2 is 0.165 bits per heavy atom. The molecule has 0 aliphatic carbocycles. The molecule has 8 heterocycles. The molecule has 8 rings (SSSR count). The van der Waals surface area contributed by atoms with Gasteiger partial charge in [0.15, 0.2) is 0 Å². The van der Waals surface area contributed by atoms with E-state index in [2.05, 4.69) is 270 Å². The van der Waals surface area contributed by atoms with Crippen LogP contribution in [0.1, 0.15) is 208 Å². The van der Waals surface area contributed by atoms with E-state index in [0.717, 1.165) is 91.1 Å². The van der Waals surface area contributed by atoms with Gasteiger partial charge in [0.25, 0.3) is 0 Å². The highest BCUT2D eigenvalue weighted by Gasteiger charge is 2.09. The van der Waals surface area contributed by atoms with E-state index in [4.69, 9.17) is 0 Å². The van der Waals surface area contributed by atoms with Crippen LogP contribution in [0.25, 0.3) is 0 Å². The maximum absolute atomic E-state index is 4.43. The summed E-state index contributed by atoms with van der Waals surface area (Å²) >= 11 is 0. The first kappa shape index (κ1) is 76.0. The molecule has 0 saturated heterocycles. The SMILES string of the molecule is Cc1nc(C)c(C)c(C)c1C.Cc1nc(C)c(C)c(C)c1C.Cc1nc(C)c(C)c(C)c1C.Cc1nc(C)c(C)c(C)c1C.Cc1nc(C)c(C)c(C)c1C.Cc1nnc(C)c(C)c1C.Cc1nnc(C)c(C)c1C.Cc1nnc(C)c(C)c1C. The van der Waals surface area contributed by atoms with E-state index in [1.165, 1.54) is 117 Å². The molecule has 11 heteroatoms. The lowest BCUT2D eigenvalue weighted by molar-refractivity contribution is 0.905. The molecule has 8 aromatic rings. The lowest BCUT2D eigenvalue weighted by atomic mass is 10.0. The zero-order valence-electron chi connectivity index (χ0n) is 60.4. The molecule has 8 aromatic heterocycles. The zero-order valence-corrected chi connectivity index (χ0v) is 60.4. The number of rotatable bonds is 0. The minimum absolute atomic E-state index is 1.03. The van der Waals surface area contributed by atoms with E-state index >= 15 is 0 Å². The molecule has 0 aliphatic rings. The van der Waals surface area contributed by atoms with E-state index in [1.54, 1.807) is 0 Å². The fraction of sp³-hybridized carbons (Fsp3) is 0.500. The smallest absolute Gasteiger partial charge is 0.0632 e. The third-order valence-corrected chi connectivity index (χ3v) is 18.7. The number of hydrogen-bond donors (Lipinski definition) is 0. The fourth-order valence-corrected chi connectivity index (χ4v) is 8.74. The molecule has 85 heavy (non-hydrogen) atoms. The summed E-state index contributed by atoms with van der Waals surface area (Å²) in [4.78, 5) is 22.2. The van der Waals surface area contributed by atoms with Crippen LogP contribution in [0.2, 0.25) is 0 Å². The summed E-state index contributed by atoms with van der Waals surface area (Å²) < 4.78 is 0. The van der Waals surface area contributed by atoms with Crippen LogP contribution in [0.4, 0.5) is 0 Å². The van der Waals surface area contributed by atoms with Crippen LogP contribution >= 0.6 is 0 Å². The molecule has 0 unspecified atom stereocenters. The molecule has 0 N–H and O–H groups in total. The van der Waals surface area contributed by atoms with Gasteiger partial charge in [0, 0.05) is 56.9 Å². The normalized spacial score (nSPS) is 10.2. The summed E-state index contributed by atoms with van der Waals surface area (Å²) in [7, 11) is 0. The quantitative estimate of drug-likeness (QED) is 0.143. The lowest BCUT2D eigenvalue weighted by Crippen LogP contribution is -1.98. The number of aryl methyl sites for hydroxylation is 16. The Hall–Kier alpha value is -7.01. The van der Waals surface area contributed by atoms with E-state index in [9.17, 15) is 0 Å². The summed E-state index contributed by atoms with van der Waals surface area (Å²) in [6.45, 7) is 77.1. The van der Waals surface area contributed by atoms with E-state index in [0.29, 0.717) is 0 Å². The molecule has 462 valence electrons. The van der Waals surface area contributed by atoms with Crippen molar-refractivity contribution < 1.29 is 0 Å². The molecular weight excluding hydrogens is 1040 g/mol. The van der Waals surface area contributed by atoms with Crippen molar-refractivity contribution in [3.8, 4) is 0 Å². The first-order chi connectivity index (χ1) is 39.1. The van der Waals surface area contributed by atoms with Crippen LogP contribution in [-0.2, 0) is 0 Å². The van der Waals surface area contributed by atoms with Crippen LogP contribution in [0.3, 0.4) is 0 Å². The molecular formula is C74H111N11. The number of aromatic nitrogens is 11. The summed E-state index contributed by atoms with van der Waals surface area (Å²) in [6, 6.07) is 0. The highest BCUT2D eigenvalue weighted by molar-refractivity contribution is 5.41. The summed E-state index contributed by atoms with van der Waals surface area (Å²) in [5, 5.41) is 23.9. The highest BCUT2D eigenvalue weighted by Crippen LogP contribution is 2.21. The standard InChI is InChI=1S/5C10H15N.3C8H12N2/c5*1-6-7(2)9(4)11-10(5)8(6)3;3*1-5-6(2)8(4)10-9-7(5)3/h5*1-5H3;3*1-4H3. The van der Waals surface area contributed by atoms with E-state index in [-0.39, 0.29) is 0 Å². The van der Waals surface area contributed by atoms with Crippen molar-refractivity contribution in [3.05, 3.63) is 208 Å². The molecule has 0 aromatic carbocycles. The van der Waals surface area contributed by atoms with Gasteiger partial charge in [0.05, 0.1) is 34.2 Å². The molecule has 0 spiro atoms. The molecule has 0 atom stereocenters. The maximum Gasteiger partial charge on any atom is 0.0632 e. The fourth-order valence-electron chi connectivity index (χ4n) is 8.74. The van der Waals surface area contributed by atoms with Crippen molar-refractivity contribution in [2.45, 2.75) is 256 Å². The summed E-state index contributed by atoms with van der Waals surface area (Å²) in [6.07, 6.45) is 0. The molecule has 0 amide bonds. The first-order valence-electron chi connectivity index (χ1n) is 29.9. The van der Waals surface area contributed by atoms with Crippen molar-refractivity contribution >= 4 is 0 Å². The molecule has 0 saturated carbocycles. The number of hydrogen-bond acceptors (Lipinski definition) is 11. The minimum Gasteiger partial charge on any atom is -0.258 e. The first-order valence-corrected chi connectivity index (χ1v) is 29.9. The Balaban J connectivity index is 0.000000486. The second-order valence-electron chi connectivity index (χ2n) is 23.7. The van der Waals surface area contributed by atoms with E-state index in [1.807, 2.05) is 41.5 Å². The van der Waals surface area contributed by atoms with Crippen LogP contribution in [0, 0.1) is 256 Å². The van der Waals surface area contributed by atoms with Gasteiger partial charge in [0.1, 0.15) is 0 Å². The van der Waals surface area contributed by atoms with Crippen LogP contribution in [0.15, 0.2) is 0 Å². The molecule has 0 fully saturated rings. The van der Waals surface area contributed by atoms with Crippen molar-refractivity contribution in [1.29, 1.82) is 0 Å². The Morgan fingerprint density at radius 1 is 0.0941 bits per heavy atom. The lowest BCUT2D eigenvalue weighted by Gasteiger charge is -2.09. The average molecular weight is 1150 g/mol. The Kier molecular flexibility index (Phi) is 30.1. The van der Waals surface area contributed by atoms with Gasteiger partial charge in [0.2, 0.25) is 0 Å². The largest absolute Gasteiger partial charge is 0.258 e. The predicted octanol–water partition coefficient (Wildman–Crippen LogP) is 18.2. The van der Waals surface area contributed by atoms with Gasteiger partial charge in [-0.15, -0.1) is 0 Å². The van der Waals surface area contributed by atoms with Gasteiger partial charge in [-0.1, -0.05) is 0 Å². The third-order valence-electron chi connectivity index (χ3n) is 18.7. The minimum atomic E-state index is 1.03. The van der Waals surface area contributed by atoms with Gasteiger partial charge in [-0.25, -0.2) is 0 Å². The summed E-state index contributed by atoms with van der Waals surface area (Å²) in [5.74, 6) is 0. The van der Waals surface area contributed by atoms with Crippen molar-refractivity contribution in [2.75, 3.05) is 0 Å². The van der Waals surface area contributed by atoms with Gasteiger partial charge in [-0.2, -0.15) is 30.6 Å². The van der Waals surface area contributed by atoms with Crippen LogP contribution < -0.4 is 0 Å². The van der Waals surface area contributed by atoms with Crippen LogP contribution in [-0.4, -0.2) is 55.5 Å². The van der Waals surface area contributed by atoms with Crippen molar-refractivity contribution in [1.82, 2.24) is 55.5 Å². The van der Waals surface area contributed by atoms with Crippen LogP contribution in [0.5, 0.6) is 0 Å². The molecule has 0 bridgehead atoms. The third kappa shape index (κ3) is 20.9. The van der Waals surface area contributed by atoms with Gasteiger partial charge < -0.3 is 0 Å².